The molecular formula is C18H24N2O3. The topological polar surface area (TPSA) is 52.6 Å². The highest BCUT2D eigenvalue weighted by atomic mass is 16.5. The van der Waals surface area contributed by atoms with Crippen LogP contribution >= 0.6 is 0 Å². The maximum Gasteiger partial charge on any atom is 0.129 e. The number of ether oxygens (including phenoxy) is 3. The van der Waals surface area contributed by atoms with Crippen LogP contribution in [0.5, 0.6) is 5.75 Å². The Hall–Kier alpha value is -1.85. The highest BCUT2D eigenvalue weighted by molar-refractivity contribution is 5.83. The molecule has 0 spiro atoms. The molecule has 1 aliphatic rings. The number of anilines is 1. The predicted octanol–water partition coefficient (Wildman–Crippen LogP) is 3.16. The van der Waals surface area contributed by atoms with Gasteiger partial charge in [0.15, 0.2) is 0 Å². The molecule has 1 saturated heterocycles. The molecule has 23 heavy (non-hydrogen) atoms. The number of benzene rings is 1. The average Bonchev–Trinajstić information content (AvgIpc) is 2.60. The summed E-state index contributed by atoms with van der Waals surface area (Å²) in [5.74, 6) is 1.76. The molecule has 2 aromatic rings. The molecule has 124 valence electrons. The molecule has 3 rings (SSSR count). The minimum atomic E-state index is -0.165. The Bertz CT molecular complexity index is 681. The van der Waals surface area contributed by atoms with Crippen LogP contribution in [-0.2, 0) is 9.47 Å². The number of hydrogen-bond acceptors (Lipinski definition) is 5. The molecule has 0 saturated carbocycles. The van der Waals surface area contributed by atoms with Gasteiger partial charge in [-0.25, -0.2) is 4.98 Å². The van der Waals surface area contributed by atoms with E-state index in [1.165, 1.54) is 0 Å². The standard InChI is InChI=1S/C18H24N2O3/c1-13-10-14-11-15(21-2)4-5-16(14)20-17(13)19-12-18(22-3)6-8-23-9-7-18/h4-5,10-11H,6-9,12H2,1-3H3,(H,19,20). The van der Waals surface area contributed by atoms with Crippen molar-refractivity contribution in [2.45, 2.75) is 25.4 Å². The Kier molecular flexibility index (Phi) is 4.68. The fourth-order valence-corrected chi connectivity index (χ4v) is 3.01. The van der Waals surface area contributed by atoms with Crippen molar-refractivity contribution < 1.29 is 14.2 Å². The van der Waals surface area contributed by atoms with E-state index in [0.29, 0.717) is 0 Å². The summed E-state index contributed by atoms with van der Waals surface area (Å²) in [5, 5.41) is 4.56. The third-order valence-corrected chi connectivity index (χ3v) is 4.63. The number of fused-ring (bicyclic) bond motifs is 1. The van der Waals surface area contributed by atoms with Crippen molar-refractivity contribution in [3.8, 4) is 5.75 Å². The third kappa shape index (κ3) is 3.41. The molecule has 0 unspecified atom stereocenters. The van der Waals surface area contributed by atoms with Crippen molar-refractivity contribution in [2.75, 3.05) is 39.3 Å². The quantitative estimate of drug-likeness (QED) is 0.918. The second-order valence-corrected chi connectivity index (χ2v) is 6.07. The predicted molar refractivity (Wildman–Crippen MR) is 91.3 cm³/mol. The summed E-state index contributed by atoms with van der Waals surface area (Å²) in [6.45, 7) is 4.30. The monoisotopic (exact) mass is 316 g/mol. The van der Waals surface area contributed by atoms with Crippen molar-refractivity contribution in [2.24, 2.45) is 0 Å². The summed E-state index contributed by atoms with van der Waals surface area (Å²) in [4.78, 5) is 4.75. The first kappa shape index (κ1) is 16.0. The minimum Gasteiger partial charge on any atom is -0.497 e. The van der Waals surface area contributed by atoms with Crippen LogP contribution in [0.3, 0.4) is 0 Å². The molecule has 2 heterocycles. The number of nitrogens with zero attached hydrogens (tertiary/aromatic N) is 1. The van der Waals surface area contributed by atoms with Gasteiger partial charge in [-0.2, -0.15) is 0 Å². The van der Waals surface area contributed by atoms with Gasteiger partial charge in [0.1, 0.15) is 11.6 Å². The van der Waals surface area contributed by atoms with Crippen LogP contribution in [0.1, 0.15) is 18.4 Å². The van der Waals surface area contributed by atoms with E-state index in [1.54, 1.807) is 14.2 Å². The van der Waals surface area contributed by atoms with Gasteiger partial charge in [-0.1, -0.05) is 0 Å². The average molecular weight is 316 g/mol. The largest absolute Gasteiger partial charge is 0.497 e. The number of nitrogens with one attached hydrogen (secondary N) is 1. The zero-order chi connectivity index (χ0) is 16.3. The fourth-order valence-electron chi connectivity index (χ4n) is 3.01. The van der Waals surface area contributed by atoms with Crippen LogP contribution in [0, 0.1) is 6.92 Å². The molecule has 0 atom stereocenters. The van der Waals surface area contributed by atoms with Gasteiger partial charge >= 0.3 is 0 Å². The summed E-state index contributed by atoms with van der Waals surface area (Å²) in [7, 11) is 3.45. The van der Waals surface area contributed by atoms with Gasteiger partial charge in [0.05, 0.1) is 18.2 Å². The smallest absolute Gasteiger partial charge is 0.129 e. The summed E-state index contributed by atoms with van der Waals surface area (Å²) in [6.07, 6.45) is 1.81. The molecule has 0 radical (unpaired) electrons. The molecule has 1 aliphatic heterocycles. The number of methoxy groups -OCH3 is 2. The lowest BCUT2D eigenvalue weighted by atomic mass is 9.94. The SMILES string of the molecule is COc1ccc2nc(NCC3(OC)CCOCC3)c(C)cc2c1. The summed E-state index contributed by atoms with van der Waals surface area (Å²) < 4.78 is 16.5. The number of hydrogen-bond donors (Lipinski definition) is 1. The zero-order valence-electron chi connectivity index (χ0n) is 14.0. The second-order valence-electron chi connectivity index (χ2n) is 6.07. The van der Waals surface area contributed by atoms with Crippen LogP contribution < -0.4 is 10.1 Å². The first-order chi connectivity index (χ1) is 11.2. The van der Waals surface area contributed by atoms with Crippen molar-refractivity contribution in [1.29, 1.82) is 0 Å². The number of pyridine rings is 1. The maximum absolute atomic E-state index is 5.77. The first-order valence-electron chi connectivity index (χ1n) is 7.98. The number of aryl methyl sites for hydroxylation is 1. The second kappa shape index (κ2) is 6.72. The molecule has 0 bridgehead atoms. The van der Waals surface area contributed by atoms with E-state index in [2.05, 4.69) is 18.3 Å². The van der Waals surface area contributed by atoms with Crippen molar-refractivity contribution in [3.63, 3.8) is 0 Å². The van der Waals surface area contributed by atoms with E-state index < -0.39 is 0 Å². The van der Waals surface area contributed by atoms with E-state index >= 15 is 0 Å². The van der Waals surface area contributed by atoms with Crippen molar-refractivity contribution in [1.82, 2.24) is 4.98 Å². The molecule has 0 aliphatic carbocycles. The lowest BCUT2D eigenvalue weighted by molar-refractivity contribution is -0.0807. The van der Waals surface area contributed by atoms with Gasteiger partial charge in [-0.15, -0.1) is 0 Å². The van der Waals surface area contributed by atoms with Gasteiger partial charge in [0, 0.05) is 45.1 Å². The molecule has 1 N–H and O–H groups in total. The van der Waals surface area contributed by atoms with Gasteiger partial charge in [-0.3, -0.25) is 0 Å². The van der Waals surface area contributed by atoms with E-state index in [1.807, 2.05) is 18.2 Å². The third-order valence-electron chi connectivity index (χ3n) is 4.63. The Labute approximate surface area is 137 Å². The molecule has 1 aromatic carbocycles. The number of rotatable bonds is 5. The Balaban J connectivity index is 1.81. The molecule has 1 fully saturated rings. The Morgan fingerprint density at radius 1 is 1.22 bits per heavy atom. The van der Waals surface area contributed by atoms with E-state index in [9.17, 15) is 0 Å². The highest BCUT2D eigenvalue weighted by Crippen LogP contribution is 2.27. The normalized spacial score (nSPS) is 17.2. The van der Waals surface area contributed by atoms with Crippen molar-refractivity contribution >= 4 is 16.7 Å². The van der Waals surface area contributed by atoms with E-state index in [-0.39, 0.29) is 5.60 Å². The van der Waals surface area contributed by atoms with Gasteiger partial charge in [0.2, 0.25) is 0 Å². The highest BCUT2D eigenvalue weighted by Gasteiger charge is 2.32. The van der Waals surface area contributed by atoms with Crippen LogP contribution in [0.4, 0.5) is 5.82 Å². The summed E-state index contributed by atoms with van der Waals surface area (Å²) in [5.41, 5.74) is 1.91. The summed E-state index contributed by atoms with van der Waals surface area (Å²) in [6, 6.07) is 8.06. The van der Waals surface area contributed by atoms with Crippen LogP contribution in [-0.4, -0.2) is 44.6 Å². The van der Waals surface area contributed by atoms with E-state index in [0.717, 1.165) is 60.6 Å². The molecule has 5 nitrogen and oxygen atoms in total. The lowest BCUT2D eigenvalue weighted by Crippen LogP contribution is -2.44. The van der Waals surface area contributed by atoms with Crippen LogP contribution in [0.25, 0.3) is 10.9 Å². The lowest BCUT2D eigenvalue weighted by Gasteiger charge is -2.36. The first-order valence-corrected chi connectivity index (χ1v) is 7.98. The van der Waals surface area contributed by atoms with Crippen LogP contribution in [0.2, 0.25) is 0 Å². The Morgan fingerprint density at radius 3 is 2.70 bits per heavy atom. The Morgan fingerprint density at radius 2 is 2.00 bits per heavy atom. The molecule has 0 amide bonds. The van der Waals surface area contributed by atoms with Gasteiger partial charge in [-0.05, 0) is 36.8 Å². The minimum absolute atomic E-state index is 0.165. The van der Waals surface area contributed by atoms with Gasteiger partial charge < -0.3 is 19.5 Å². The molecule has 5 heteroatoms. The molecular weight excluding hydrogens is 292 g/mol. The van der Waals surface area contributed by atoms with Crippen LogP contribution in [0.15, 0.2) is 24.3 Å². The van der Waals surface area contributed by atoms with Crippen molar-refractivity contribution in [3.05, 3.63) is 29.8 Å². The van der Waals surface area contributed by atoms with E-state index in [4.69, 9.17) is 19.2 Å². The maximum atomic E-state index is 5.77. The molecule has 1 aromatic heterocycles. The van der Waals surface area contributed by atoms with Gasteiger partial charge in [0.25, 0.3) is 0 Å². The fraction of sp³-hybridized carbons (Fsp3) is 0.500. The number of aromatic nitrogens is 1. The zero-order valence-corrected chi connectivity index (χ0v) is 14.0. The summed E-state index contributed by atoms with van der Waals surface area (Å²) >= 11 is 0.